The lowest BCUT2D eigenvalue weighted by Crippen LogP contribution is -1.96. The van der Waals surface area contributed by atoms with E-state index < -0.39 is 0 Å². The smallest absolute Gasteiger partial charge is 0.0792 e. The summed E-state index contributed by atoms with van der Waals surface area (Å²) < 4.78 is 0. The van der Waals surface area contributed by atoms with E-state index in [2.05, 4.69) is 11.8 Å². The molecule has 1 nitrogen and oxygen atoms in total. The van der Waals surface area contributed by atoms with Crippen molar-refractivity contribution in [1.29, 1.82) is 0 Å². The van der Waals surface area contributed by atoms with Gasteiger partial charge in [-0.3, -0.25) is 0 Å². The molecular formula is C11H9Cl4N. The molecule has 0 bridgehead atoms. The monoisotopic (exact) mass is 295 g/mol. The number of hydrogen-bond acceptors (Lipinski definition) is 1. The average molecular weight is 297 g/mol. The lowest BCUT2D eigenvalue weighted by molar-refractivity contribution is 0.870. The first-order valence-electron chi connectivity index (χ1n) is 4.60. The number of halogens is 4. The number of nitrogens with two attached hydrogens (primary N) is 1. The van der Waals surface area contributed by atoms with Crippen molar-refractivity contribution in [2.75, 3.05) is 6.54 Å². The standard InChI is InChI=1S/C11H9Cl4N/c12-8-6-9(13)11(15)10(14)7(8)4-2-1-3-5-16/h6H,1,3,5,16H2. The van der Waals surface area contributed by atoms with Crippen molar-refractivity contribution in [3.63, 3.8) is 0 Å². The molecule has 0 aliphatic rings. The number of rotatable bonds is 2. The minimum absolute atomic E-state index is 0.274. The number of unbranched alkanes of at least 4 members (excludes halogenated alkanes) is 1. The van der Waals surface area contributed by atoms with E-state index in [1.54, 1.807) is 0 Å². The van der Waals surface area contributed by atoms with Crippen molar-refractivity contribution in [3.05, 3.63) is 31.7 Å². The molecule has 0 saturated carbocycles. The lowest BCUT2D eigenvalue weighted by atomic mass is 10.2. The molecule has 86 valence electrons. The van der Waals surface area contributed by atoms with E-state index in [0.717, 1.165) is 6.42 Å². The Morgan fingerprint density at radius 1 is 1.06 bits per heavy atom. The van der Waals surface area contributed by atoms with E-state index >= 15 is 0 Å². The second kappa shape index (κ2) is 6.59. The van der Waals surface area contributed by atoms with E-state index in [9.17, 15) is 0 Å². The van der Waals surface area contributed by atoms with Gasteiger partial charge in [0.1, 0.15) is 0 Å². The maximum Gasteiger partial charge on any atom is 0.0792 e. The Hall–Kier alpha value is -0.100. The van der Waals surface area contributed by atoms with Crippen LogP contribution in [-0.4, -0.2) is 6.54 Å². The van der Waals surface area contributed by atoms with E-state index in [0.29, 0.717) is 33.6 Å². The van der Waals surface area contributed by atoms with Crippen molar-refractivity contribution in [1.82, 2.24) is 0 Å². The molecule has 1 rings (SSSR count). The van der Waals surface area contributed by atoms with Crippen LogP contribution in [0.5, 0.6) is 0 Å². The van der Waals surface area contributed by atoms with Crippen molar-refractivity contribution in [3.8, 4) is 11.8 Å². The first-order valence-corrected chi connectivity index (χ1v) is 6.11. The fourth-order valence-corrected chi connectivity index (χ4v) is 2.03. The van der Waals surface area contributed by atoms with Crippen molar-refractivity contribution in [2.45, 2.75) is 12.8 Å². The molecule has 0 unspecified atom stereocenters. The van der Waals surface area contributed by atoms with Gasteiger partial charge in [0.2, 0.25) is 0 Å². The molecule has 0 atom stereocenters. The third kappa shape index (κ3) is 3.45. The molecule has 16 heavy (non-hydrogen) atoms. The van der Waals surface area contributed by atoms with E-state index in [1.165, 1.54) is 6.07 Å². The summed E-state index contributed by atoms with van der Waals surface area (Å²) in [5, 5.41) is 1.29. The Morgan fingerprint density at radius 3 is 2.38 bits per heavy atom. The Labute approximate surface area is 115 Å². The maximum atomic E-state index is 5.99. The molecule has 0 radical (unpaired) electrons. The van der Waals surface area contributed by atoms with Crippen LogP contribution in [0, 0.1) is 11.8 Å². The molecule has 0 spiro atoms. The quantitative estimate of drug-likeness (QED) is 0.372. The highest BCUT2D eigenvalue weighted by Gasteiger charge is 2.11. The van der Waals surface area contributed by atoms with Gasteiger partial charge in [-0.15, -0.1) is 0 Å². The summed E-state index contributed by atoms with van der Waals surface area (Å²) in [6.07, 6.45) is 1.53. The topological polar surface area (TPSA) is 26.0 Å². The Kier molecular flexibility index (Phi) is 5.75. The SMILES string of the molecule is NCCCC#Cc1c(Cl)cc(Cl)c(Cl)c1Cl. The summed E-state index contributed by atoms with van der Waals surface area (Å²) in [5.74, 6) is 5.80. The van der Waals surface area contributed by atoms with Gasteiger partial charge in [0, 0.05) is 6.42 Å². The predicted molar refractivity (Wildman–Crippen MR) is 71.6 cm³/mol. The van der Waals surface area contributed by atoms with E-state index in [1.807, 2.05) is 0 Å². The second-order valence-corrected chi connectivity index (χ2v) is 4.61. The molecule has 5 heteroatoms. The van der Waals surface area contributed by atoms with E-state index in [-0.39, 0.29) is 5.02 Å². The van der Waals surface area contributed by atoms with Crippen LogP contribution in [-0.2, 0) is 0 Å². The molecule has 2 N–H and O–H groups in total. The zero-order valence-corrected chi connectivity index (χ0v) is 11.3. The Balaban J connectivity index is 3.03. The maximum absolute atomic E-state index is 5.99. The number of hydrogen-bond donors (Lipinski definition) is 1. The van der Waals surface area contributed by atoms with Crippen LogP contribution < -0.4 is 5.73 Å². The van der Waals surface area contributed by atoms with Gasteiger partial charge in [0.25, 0.3) is 0 Å². The highest BCUT2D eigenvalue weighted by atomic mass is 35.5. The van der Waals surface area contributed by atoms with Crippen molar-refractivity contribution in [2.24, 2.45) is 5.73 Å². The third-order valence-electron chi connectivity index (χ3n) is 1.83. The summed E-state index contributed by atoms with van der Waals surface area (Å²) in [6, 6.07) is 1.53. The molecule has 0 saturated heterocycles. The van der Waals surface area contributed by atoms with Crippen LogP contribution in [0.4, 0.5) is 0 Å². The summed E-state index contributed by atoms with van der Waals surface area (Å²) in [7, 11) is 0. The molecule has 1 aromatic rings. The first-order chi connectivity index (χ1) is 7.57. The highest BCUT2D eigenvalue weighted by molar-refractivity contribution is 6.49. The van der Waals surface area contributed by atoms with Gasteiger partial charge in [-0.1, -0.05) is 58.2 Å². The Bertz CT molecular complexity index is 446. The largest absolute Gasteiger partial charge is 0.330 e. The van der Waals surface area contributed by atoms with Gasteiger partial charge in [0.05, 0.1) is 25.7 Å². The zero-order valence-electron chi connectivity index (χ0n) is 8.29. The molecule has 0 fully saturated rings. The molecule has 0 aliphatic heterocycles. The third-order valence-corrected chi connectivity index (χ3v) is 3.39. The lowest BCUT2D eigenvalue weighted by Gasteiger charge is -2.04. The normalized spacial score (nSPS) is 9.81. The van der Waals surface area contributed by atoms with Crippen LogP contribution in [0.1, 0.15) is 18.4 Å². The van der Waals surface area contributed by atoms with Gasteiger partial charge in [-0.05, 0) is 19.0 Å². The minimum atomic E-state index is 0.274. The summed E-state index contributed by atoms with van der Waals surface area (Å²) in [5.41, 5.74) is 5.86. The Morgan fingerprint density at radius 2 is 1.75 bits per heavy atom. The molecular weight excluding hydrogens is 288 g/mol. The predicted octanol–water partition coefficient (Wildman–Crippen LogP) is 4.39. The van der Waals surface area contributed by atoms with Crippen LogP contribution in [0.2, 0.25) is 20.1 Å². The van der Waals surface area contributed by atoms with Gasteiger partial charge in [0.15, 0.2) is 0 Å². The van der Waals surface area contributed by atoms with Crippen LogP contribution >= 0.6 is 46.4 Å². The average Bonchev–Trinajstić information content (AvgIpc) is 2.25. The van der Waals surface area contributed by atoms with Gasteiger partial charge >= 0.3 is 0 Å². The summed E-state index contributed by atoms with van der Waals surface area (Å²) >= 11 is 23.6. The van der Waals surface area contributed by atoms with Gasteiger partial charge in [-0.2, -0.15) is 0 Å². The van der Waals surface area contributed by atoms with Crippen LogP contribution in [0.3, 0.4) is 0 Å². The molecule has 0 amide bonds. The zero-order chi connectivity index (χ0) is 12.1. The molecule has 0 heterocycles. The fourth-order valence-electron chi connectivity index (χ4n) is 1.02. The molecule has 0 aliphatic carbocycles. The second-order valence-electron chi connectivity index (χ2n) is 3.04. The van der Waals surface area contributed by atoms with Crippen molar-refractivity contribution >= 4 is 46.4 Å². The van der Waals surface area contributed by atoms with Gasteiger partial charge < -0.3 is 5.73 Å². The van der Waals surface area contributed by atoms with Crippen LogP contribution in [0.15, 0.2) is 6.07 Å². The molecule has 1 aromatic carbocycles. The summed E-state index contributed by atoms with van der Waals surface area (Å²) in [4.78, 5) is 0. The minimum Gasteiger partial charge on any atom is -0.330 e. The fraction of sp³-hybridized carbons (Fsp3) is 0.273. The highest BCUT2D eigenvalue weighted by Crippen LogP contribution is 2.36. The number of benzene rings is 1. The van der Waals surface area contributed by atoms with Crippen molar-refractivity contribution < 1.29 is 0 Å². The van der Waals surface area contributed by atoms with E-state index in [4.69, 9.17) is 52.1 Å². The van der Waals surface area contributed by atoms with Gasteiger partial charge in [-0.25, -0.2) is 0 Å². The molecule has 0 aromatic heterocycles. The summed E-state index contributed by atoms with van der Waals surface area (Å²) in [6.45, 7) is 0.609. The first kappa shape index (κ1) is 14.0. The van der Waals surface area contributed by atoms with Crippen LogP contribution in [0.25, 0.3) is 0 Å².